The number of rotatable bonds is 7. The predicted octanol–water partition coefficient (Wildman–Crippen LogP) is 1.02. The summed E-state index contributed by atoms with van der Waals surface area (Å²) in [6, 6.07) is 7.30. The standard InChI is InChI=1S/C16H19ClN6O2/c17-14-5-2-1-4-12(14)9-22-10-13(8-16(22)25)19-15(24)6-3-7-23-11-18-20-21-23/h1-2,4-5,11,13H,3,6-10H2,(H,19,24)/t13-/m1/s1. The highest BCUT2D eigenvalue weighted by Gasteiger charge is 2.30. The number of carbonyl (C=O) groups excluding carboxylic acids is 2. The third-order valence-corrected chi connectivity index (χ3v) is 4.45. The van der Waals surface area contributed by atoms with E-state index in [1.165, 1.54) is 6.33 Å². The van der Waals surface area contributed by atoms with Crippen LogP contribution in [0.4, 0.5) is 0 Å². The SMILES string of the molecule is O=C(CCCn1cnnn1)N[C@@H]1CC(=O)N(Cc2ccccc2Cl)C1. The van der Waals surface area contributed by atoms with Gasteiger partial charge < -0.3 is 10.2 Å². The Morgan fingerprint density at radius 1 is 1.36 bits per heavy atom. The third-order valence-electron chi connectivity index (χ3n) is 4.08. The summed E-state index contributed by atoms with van der Waals surface area (Å²) in [6.45, 7) is 1.55. The molecule has 1 aromatic carbocycles. The molecule has 1 N–H and O–H groups in total. The number of hydrogen-bond acceptors (Lipinski definition) is 5. The second-order valence-corrected chi connectivity index (χ2v) is 6.42. The summed E-state index contributed by atoms with van der Waals surface area (Å²) >= 11 is 6.15. The number of hydrogen-bond donors (Lipinski definition) is 1. The van der Waals surface area contributed by atoms with E-state index in [4.69, 9.17) is 11.6 Å². The summed E-state index contributed by atoms with van der Waals surface area (Å²) < 4.78 is 1.58. The smallest absolute Gasteiger partial charge is 0.225 e. The van der Waals surface area contributed by atoms with Crippen molar-refractivity contribution in [2.24, 2.45) is 0 Å². The number of aryl methyl sites for hydroxylation is 1. The van der Waals surface area contributed by atoms with Crippen molar-refractivity contribution in [2.75, 3.05) is 6.54 Å². The van der Waals surface area contributed by atoms with Crippen molar-refractivity contribution in [3.05, 3.63) is 41.2 Å². The van der Waals surface area contributed by atoms with Crippen LogP contribution in [0.3, 0.4) is 0 Å². The minimum atomic E-state index is -0.157. The second kappa shape index (κ2) is 8.06. The Bertz CT molecular complexity index is 736. The maximum absolute atomic E-state index is 12.2. The summed E-state index contributed by atoms with van der Waals surface area (Å²) in [5.41, 5.74) is 0.908. The number of nitrogens with zero attached hydrogens (tertiary/aromatic N) is 5. The van der Waals surface area contributed by atoms with Gasteiger partial charge in [0.15, 0.2) is 0 Å². The van der Waals surface area contributed by atoms with Crippen molar-refractivity contribution >= 4 is 23.4 Å². The first-order chi connectivity index (χ1) is 12.1. The number of benzene rings is 1. The van der Waals surface area contributed by atoms with Gasteiger partial charge in [-0.15, -0.1) is 5.10 Å². The Labute approximate surface area is 150 Å². The summed E-state index contributed by atoms with van der Waals surface area (Å²) in [7, 11) is 0. The van der Waals surface area contributed by atoms with E-state index in [1.807, 2.05) is 18.2 Å². The van der Waals surface area contributed by atoms with Crippen molar-refractivity contribution in [2.45, 2.75) is 38.4 Å². The molecule has 0 radical (unpaired) electrons. The van der Waals surface area contributed by atoms with Crippen LogP contribution in [0, 0.1) is 0 Å². The van der Waals surface area contributed by atoms with Crippen LogP contribution < -0.4 is 5.32 Å². The Morgan fingerprint density at radius 2 is 2.20 bits per heavy atom. The zero-order chi connectivity index (χ0) is 17.6. The Morgan fingerprint density at radius 3 is 2.96 bits per heavy atom. The maximum Gasteiger partial charge on any atom is 0.225 e. The normalized spacial score (nSPS) is 17.1. The van der Waals surface area contributed by atoms with E-state index in [9.17, 15) is 9.59 Å². The highest BCUT2D eigenvalue weighted by atomic mass is 35.5. The average molecular weight is 363 g/mol. The van der Waals surface area contributed by atoms with E-state index >= 15 is 0 Å². The first kappa shape index (κ1) is 17.3. The topological polar surface area (TPSA) is 93.0 Å². The molecule has 1 aromatic heterocycles. The van der Waals surface area contributed by atoms with Crippen LogP contribution in [0.15, 0.2) is 30.6 Å². The van der Waals surface area contributed by atoms with Gasteiger partial charge in [0, 0.05) is 37.5 Å². The lowest BCUT2D eigenvalue weighted by molar-refractivity contribution is -0.128. The van der Waals surface area contributed by atoms with E-state index in [0.717, 1.165) is 5.56 Å². The van der Waals surface area contributed by atoms with Gasteiger partial charge in [0.2, 0.25) is 11.8 Å². The molecule has 132 valence electrons. The van der Waals surface area contributed by atoms with Crippen LogP contribution in [0.2, 0.25) is 5.02 Å². The van der Waals surface area contributed by atoms with Gasteiger partial charge in [-0.1, -0.05) is 29.8 Å². The van der Waals surface area contributed by atoms with Gasteiger partial charge in [-0.3, -0.25) is 9.59 Å². The van der Waals surface area contributed by atoms with Crippen molar-refractivity contribution in [3.63, 3.8) is 0 Å². The van der Waals surface area contributed by atoms with Gasteiger partial charge in [0.05, 0.1) is 6.04 Å². The van der Waals surface area contributed by atoms with Crippen molar-refractivity contribution in [1.29, 1.82) is 0 Å². The first-order valence-electron chi connectivity index (χ1n) is 8.13. The maximum atomic E-state index is 12.2. The largest absolute Gasteiger partial charge is 0.351 e. The minimum Gasteiger partial charge on any atom is -0.351 e. The molecule has 1 aliphatic heterocycles. The lowest BCUT2D eigenvalue weighted by atomic mass is 10.2. The molecule has 8 nitrogen and oxygen atoms in total. The van der Waals surface area contributed by atoms with Gasteiger partial charge in [-0.05, 0) is 28.5 Å². The monoisotopic (exact) mass is 362 g/mol. The van der Waals surface area contributed by atoms with Crippen LogP contribution in [0.5, 0.6) is 0 Å². The van der Waals surface area contributed by atoms with Gasteiger partial charge in [0.25, 0.3) is 0 Å². The van der Waals surface area contributed by atoms with Gasteiger partial charge in [-0.25, -0.2) is 4.68 Å². The number of likely N-dealkylation sites (tertiary alicyclic amines) is 1. The molecule has 2 amide bonds. The molecule has 1 saturated heterocycles. The van der Waals surface area contributed by atoms with Crippen LogP contribution in [0.25, 0.3) is 0 Å². The summed E-state index contributed by atoms with van der Waals surface area (Å²) in [6.07, 6.45) is 2.85. The molecule has 0 saturated carbocycles. The molecule has 1 fully saturated rings. The van der Waals surface area contributed by atoms with Gasteiger partial charge in [0.1, 0.15) is 6.33 Å². The molecule has 3 rings (SSSR count). The molecule has 1 atom stereocenters. The molecule has 2 aromatic rings. The zero-order valence-corrected chi connectivity index (χ0v) is 14.4. The Kier molecular flexibility index (Phi) is 5.60. The lowest BCUT2D eigenvalue weighted by Gasteiger charge is -2.18. The molecule has 0 spiro atoms. The Hall–Kier alpha value is -2.48. The fraction of sp³-hybridized carbons (Fsp3) is 0.438. The fourth-order valence-electron chi connectivity index (χ4n) is 2.84. The predicted molar refractivity (Wildman–Crippen MR) is 90.5 cm³/mol. The number of tetrazole rings is 1. The minimum absolute atomic E-state index is 0.0268. The number of amides is 2. The quantitative estimate of drug-likeness (QED) is 0.793. The molecule has 25 heavy (non-hydrogen) atoms. The summed E-state index contributed by atoms with van der Waals surface area (Å²) in [5.74, 6) is -0.0376. The number of halogens is 1. The molecule has 0 aliphatic carbocycles. The first-order valence-corrected chi connectivity index (χ1v) is 8.51. The third kappa shape index (κ3) is 4.76. The van der Waals surface area contributed by atoms with Gasteiger partial charge in [-0.2, -0.15) is 0 Å². The van der Waals surface area contributed by atoms with Gasteiger partial charge >= 0.3 is 0 Å². The van der Waals surface area contributed by atoms with Crippen molar-refractivity contribution < 1.29 is 9.59 Å². The fourth-order valence-corrected chi connectivity index (χ4v) is 3.03. The number of carbonyl (C=O) groups is 2. The van der Waals surface area contributed by atoms with E-state index in [2.05, 4.69) is 20.8 Å². The molecule has 0 unspecified atom stereocenters. The molecular weight excluding hydrogens is 344 g/mol. The number of nitrogens with one attached hydrogen (secondary N) is 1. The second-order valence-electron chi connectivity index (χ2n) is 6.01. The molecule has 1 aliphatic rings. The number of aromatic nitrogens is 4. The highest BCUT2D eigenvalue weighted by Crippen LogP contribution is 2.20. The Balaban J connectivity index is 1.44. The van der Waals surface area contributed by atoms with Crippen LogP contribution >= 0.6 is 11.6 Å². The molecule has 9 heteroatoms. The lowest BCUT2D eigenvalue weighted by Crippen LogP contribution is -2.37. The van der Waals surface area contributed by atoms with Crippen molar-refractivity contribution in [1.82, 2.24) is 30.4 Å². The summed E-state index contributed by atoms with van der Waals surface area (Å²) in [4.78, 5) is 25.9. The van der Waals surface area contributed by atoms with E-state index < -0.39 is 0 Å². The van der Waals surface area contributed by atoms with Crippen LogP contribution in [0.1, 0.15) is 24.8 Å². The van der Waals surface area contributed by atoms with Crippen molar-refractivity contribution in [3.8, 4) is 0 Å². The van der Waals surface area contributed by atoms with E-state index in [-0.39, 0.29) is 17.9 Å². The van der Waals surface area contributed by atoms with Crippen LogP contribution in [-0.4, -0.2) is 49.5 Å². The zero-order valence-electron chi connectivity index (χ0n) is 13.6. The summed E-state index contributed by atoms with van der Waals surface area (Å²) in [5, 5.41) is 14.4. The molecular formula is C16H19ClN6O2. The average Bonchev–Trinajstić information content (AvgIpc) is 3.20. The van der Waals surface area contributed by atoms with E-state index in [1.54, 1.807) is 15.6 Å². The van der Waals surface area contributed by atoms with Crippen LogP contribution in [-0.2, 0) is 22.7 Å². The molecule has 2 heterocycles. The highest BCUT2D eigenvalue weighted by molar-refractivity contribution is 6.31. The molecule has 0 bridgehead atoms. The van der Waals surface area contributed by atoms with E-state index in [0.29, 0.717) is 43.9 Å².